The molecule has 2 fully saturated rings. The lowest BCUT2D eigenvalue weighted by molar-refractivity contribution is -0.137. The number of carbonyl (C=O) groups excluding carboxylic acids is 2. The lowest BCUT2D eigenvalue weighted by Crippen LogP contribution is -2.63. The van der Waals surface area contributed by atoms with Gasteiger partial charge in [-0.1, -0.05) is 25.5 Å². The van der Waals surface area contributed by atoms with Crippen LogP contribution in [0.25, 0.3) is 0 Å². The van der Waals surface area contributed by atoms with E-state index in [1.54, 1.807) is 0 Å². The average molecular weight is 409 g/mol. The SMILES string of the molecule is CC[C@@H]1CN2CC[C@]3(Nc4cccc(C)c4C3=O)C23N=C3[C@@H]1/C(=C/OC)C(=O)OC. The Hall–Kier alpha value is -2.67. The summed E-state index contributed by atoms with van der Waals surface area (Å²) in [5, 5.41) is 3.58. The minimum atomic E-state index is -0.804. The van der Waals surface area contributed by atoms with E-state index in [0.29, 0.717) is 12.0 Å². The van der Waals surface area contributed by atoms with Crippen molar-refractivity contribution in [1.82, 2.24) is 4.90 Å². The summed E-state index contributed by atoms with van der Waals surface area (Å²) in [5.41, 5.74) is 2.50. The normalized spacial score (nSPS) is 34.1. The van der Waals surface area contributed by atoms with Crippen LogP contribution in [-0.2, 0) is 14.3 Å². The number of rotatable bonds is 4. The number of ether oxygens (including phenoxy) is 2. The molecule has 1 aromatic rings. The minimum Gasteiger partial charge on any atom is -0.504 e. The number of aryl methyl sites for hydroxylation is 1. The minimum absolute atomic E-state index is 0.112. The van der Waals surface area contributed by atoms with Gasteiger partial charge in [-0.3, -0.25) is 14.7 Å². The maximum atomic E-state index is 13.8. The molecule has 2 spiro atoms. The number of benzene rings is 1. The van der Waals surface area contributed by atoms with Crippen LogP contribution in [0.1, 0.15) is 35.7 Å². The van der Waals surface area contributed by atoms with Crippen LogP contribution in [0.4, 0.5) is 5.69 Å². The Morgan fingerprint density at radius 1 is 1.40 bits per heavy atom. The molecule has 7 nitrogen and oxygen atoms in total. The van der Waals surface area contributed by atoms with E-state index in [-0.39, 0.29) is 17.6 Å². The molecule has 0 aromatic heterocycles. The summed E-state index contributed by atoms with van der Waals surface area (Å²) in [7, 11) is 2.91. The number of piperidine rings is 1. The third-order valence-corrected chi connectivity index (χ3v) is 7.38. The van der Waals surface area contributed by atoms with E-state index in [2.05, 4.69) is 17.1 Å². The summed E-state index contributed by atoms with van der Waals surface area (Å²) >= 11 is 0. The summed E-state index contributed by atoms with van der Waals surface area (Å²) in [6, 6.07) is 5.92. The van der Waals surface area contributed by atoms with E-state index in [9.17, 15) is 9.59 Å². The van der Waals surface area contributed by atoms with Crippen molar-refractivity contribution in [3.63, 3.8) is 0 Å². The van der Waals surface area contributed by atoms with Crippen molar-refractivity contribution in [3.8, 4) is 0 Å². The summed E-state index contributed by atoms with van der Waals surface area (Å²) in [5.74, 6) is -0.306. The molecule has 1 aromatic carbocycles. The standard InChI is InChI=1S/C23H27N3O4/c1-5-14-11-26-10-9-22(20(27)17-13(2)7-6-8-16(17)24-22)23(26)19(25-23)18(14)15(12-29-3)21(28)30-4/h6-8,12,14,18,24H,5,9-11H2,1-4H3/b15-12-/t14-,18+,22-,23?/m1/s1. The molecule has 30 heavy (non-hydrogen) atoms. The molecule has 0 saturated carbocycles. The molecule has 7 heteroatoms. The van der Waals surface area contributed by atoms with Crippen molar-refractivity contribution in [2.45, 2.75) is 37.9 Å². The monoisotopic (exact) mass is 409 g/mol. The van der Waals surface area contributed by atoms with E-state index in [4.69, 9.17) is 14.5 Å². The Kier molecular flexibility index (Phi) is 4.13. The van der Waals surface area contributed by atoms with E-state index in [1.807, 2.05) is 25.1 Å². The Labute approximate surface area is 176 Å². The lowest BCUT2D eigenvalue weighted by Gasteiger charge is -2.42. The van der Waals surface area contributed by atoms with Crippen LogP contribution in [0.5, 0.6) is 0 Å². The quantitative estimate of drug-likeness (QED) is 0.468. The van der Waals surface area contributed by atoms with Gasteiger partial charge in [0.2, 0.25) is 0 Å². The first kappa shape index (κ1) is 19.3. The second-order valence-electron chi connectivity index (χ2n) is 8.67. The summed E-state index contributed by atoms with van der Waals surface area (Å²) in [6.07, 6.45) is 3.06. The van der Waals surface area contributed by atoms with Gasteiger partial charge in [-0.05, 0) is 30.9 Å². The fourth-order valence-electron chi connectivity index (χ4n) is 5.98. The van der Waals surface area contributed by atoms with E-state index in [1.165, 1.54) is 20.5 Å². The number of carbonyl (C=O) groups is 2. The first-order chi connectivity index (χ1) is 14.4. The second kappa shape index (κ2) is 6.41. The van der Waals surface area contributed by atoms with Gasteiger partial charge in [0.25, 0.3) is 0 Å². The highest BCUT2D eigenvalue weighted by molar-refractivity contribution is 6.24. The molecular formula is C23H27N3O4. The Morgan fingerprint density at radius 2 is 2.20 bits per heavy atom. The molecule has 4 heterocycles. The fourth-order valence-corrected chi connectivity index (χ4v) is 5.98. The zero-order valence-corrected chi connectivity index (χ0v) is 17.8. The maximum absolute atomic E-state index is 13.8. The molecule has 2 saturated heterocycles. The van der Waals surface area contributed by atoms with Crippen LogP contribution in [-0.4, -0.2) is 60.9 Å². The van der Waals surface area contributed by atoms with Gasteiger partial charge in [0.15, 0.2) is 11.4 Å². The van der Waals surface area contributed by atoms with Crippen molar-refractivity contribution in [2.75, 3.05) is 32.6 Å². The van der Waals surface area contributed by atoms with Crippen LogP contribution in [0.3, 0.4) is 0 Å². The van der Waals surface area contributed by atoms with Crippen molar-refractivity contribution < 1.29 is 19.1 Å². The van der Waals surface area contributed by atoms with Gasteiger partial charge in [0, 0.05) is 30.3 Å². The third kappa shape index (κ3) is 2.16. The number of aliphatic imine (C=N–C) groups is 1. The van der Waals surface area contributed by atoms with Crippen molar-refractivity contribution >= 4 is 23.2 Å². The smallest absolute Gasteiger partial charge is 0.337 e. The van der Waals surface area contributed by atoms with E-state index >= 15 is 0 Å². The Balaban J connectivity index is 1.59. The molecule has 1 N–H and O–H groups in total. The third-order valence-electron chi connectivity index (χ3n) is 7.38. The molecular weight excluding hydrogens is 382 g/mol. The first-order valence-corrected chi connectivity index (χ1v) is 10.5. The number of fused-ring (bicyclic) bond motifs is 1. The van der Waals surface area contributed by atoms with Crippen molar-refractivity contribution in [2.24, 2.45) is 16.8 Å². The number of hydrogen-bond donors (Lipinski definition) is 1. The van der Waals surface area contributed by atoms with E-state index in [0.717, 1.165) is 42.0 Å². The summed E-state index contributed by atoms with van der Waals surface area (Å²) < 4.78 is 10.3. The van der Waals surface area contributed by atoms with Crippen LogP contribution < -0.4 is 5.32 Å². The molecule has 0 radical (unpaired) electrons. The molecule has 158 valence electrons. The van der Waals surface area contributed by atoms with Gasteiger partial charge in [-0.15, -0.1) is 0 Å². The number of nitrogens with one attached hydrogen (secondary N) is 1. The highest BCUT2D eigenvalue weighted by Gasteiger charge is 2.77. The predicted octanol–water partition coefficient (Wildman–Crippen LogP) is 2.56. The van der Waals surface area contributed by atoms with Gasteiger partial charge in [0.1, 0.15) is 5.54 Å². The van der Waals surface area contributed by atoms with Gasteiger partial charge < -0.3 is 14.8 Å². The zero-order valence-electron chi connectivity index (χ0n) is 17.8. The average Bonchev–Trinajstić information content (AvgIpc) is 3.34. The highest BCUT2D eigenvalue weighted by Crippen LogP contribution is 2.60. The molecule has 5 rings (SSSR count). The zero-order chi connectivity index (χ0) is 21.3. The first-order valence-electron chi connectivity index (χ1n) is 10.5. The number of Topliss-reactive ketones (excluding diaryl/α,β-unsaturated/α-hetero) is 1. The molecule has 4 atom stereocenters. The predicted molar refractivity (Wildman–Crippen MR) is 113 cm³/mol. The number of nitrogens with zero attached hydrogens (tertiary/aromatic N) is 2. The van der Waals surface area contributed by atoms with Crippen LogP contribution in [0.15, 0.2) is 35.0 Å². The fraction of sp³-hybridized carbons (Fsp3) is 0.522. The van der Waals surface area contributed by atoms with Crippen LogP contribution in [0, 0.1) is 18.8 Å². The molecule has 4 aliphatic heterocycles. The Bertz CT molecular complexity index is 1020. The molecule has 4 aliphatic rings. The molecule has 1 unspecified atom stereocenters. The number of ketones is 1. The van der Waals surface area contributed by atoms with Crippen molar-refractivity contribution in [3.05, 3.63) is 41.2 Å². The number of anilines is 1. The van der Waals surface area contributed by atoms with Gasteiger partial charge in [-0.2, -0.15) is 0 Å². The number of hydrogen-bond acceptors (Lipinski definition) is 7. The van der Waals surface area contributed by atoms with E-state index < -0.39 is 17.2 Å². The highest BCUT2D eigenvalue weighted by atomic mass is 16.5. The Morgan fingerprint density at radius 3 is 2.87 bits per heavy atom. The van der Waals surface area contributed by atoms with Crippen LogP contribution >= 0.6 is 0 Å². The molecule has 0 bridgehead atoms. The van der Waals surface area contributed by atoms with Crippen molar-refractivity contribution in [1.29, 1.82) is 0 Å². The second-order valence-corrected chi connectivity index (χ2v) is 8.67. The molecule has 0 aliphatic carbocycles. The topological polar surface area (TPSA) is 80.2 Å². The van der Waals surface area contributed by atoms with Crippen LogP contribution in [0.2, 0.25) is 0 Å². The number of methoxy groups -OCH3 is 2. The number of esters is 1. The maximum Gasteiger partial charge on any atom is 0.337 e. The summed E-state index contributed by atoms with van der Waals surface area (Å²) in [4.78, 5) is 33.7. The summed E-state index contributed by atoms with van der Waals surface area (Å²) in [6.45, 7) is 5.67. The lowest BCUT2D eigenvalue weighted by atomic mass is 9.71. The van der Waals surface area contributed by atoms with Gasteiger partial charge >= 0.3 is 5.97 Å². The van der Waals surface area contributed by atoms with Gasteiger partial charge in [-0.25, -0.2) is 4.79 Å². The molecule has 0 amide bonds. The largest absolute Gasteiger partial charge is 0.504 e. The van der Waals surface area contributed by atoms with Gasteiger partial charge in [0.05, 0.1) is 31.8 Å².